The molecule has 0 spiro atoms. The first kappa shape index (κ1) is 10.4. The summed E-state index contributed by atoms with van der Waals surface area (Å²) in [5, 5.41) is 3.25. The van der Waals surface area contributed by atoms with Crippen molar-refractivity contribution in [3.05, 3.63) is 48.4 Å². The van der Waals surface area contributed by atoms with E-state index in [4.69, 9.17) is 5.73 Å². The Balaban J connectivity index is 2.14. The minimum Gasteiger partial charge on any atom is -0.396 e. The van der Waals surface area contributed by atoms with E-state index in [2.05, 4.69) is 15.3 Å². The molecule has 4 nitrogen and oxygen atoms in total. The second-order valence-corrected chi connectivity index (χ2v) is 3.59. The Bertz CT molecular complexity index is 456. The average Bonchev–Trinajstić information content (AvgIpc) is 2.33. The maximum atomic E-state index is 5.81. The Morgan fingerprint density at radius 2 is 2.06 bits per heavy atom. The van der Waals surface area contributed by atoms with Crippen LogP contribution in [0.15, 0.2) is 42.9 Å². The Hall–Kier alpha value is -2.10. The standard InChI is InChI=1S/C12H14N4/c1-9(10-4-2-6-14-8-10)16-12-11(13)5-3-7-15-12/h2-9H,13H2,1H3,(H,15,16). The molecule has 82 valence electrons. The van der Waals surface area contributed by atoms with Crippen LogP contribution >= 0.6 is 0 Å². The lowest BCUT2D eigenvalue weighted by Gasteiger charge is -2.15. The van der Waals surface area contributed by atoms with E-state index in [9.17, 15) is 0 Å². The Labute approximate surface area is 94.5 Å². The molecule has 2 heterocycles. The quantitative estimate of drug-likeness (QED) is 0.822. The van der Waals surface area contributed by atoms with Crippen LogP contribution in [0.4, 0.5) is 11.5 Å². The third-order valence-electron chi connectivity index (χ3n) is 2.38. The summed E-state index contributed by atoms with van der Waals surface area (Å²) in [6.45, 7) is 2.05. The first-order chi connectivity index (χ1) is 7.77. The number of aromatic nitrogens is 2. The van der Waals surface area contributed by atoms with Gasteiger partial charge in [-0.3, -0.25) is 4.98 Å². The van der Waals surface area contributed by atoms with Gasteiger partial charge in [-0.2, -0.15) is 0 Å². The van der Waals surface area contributed by atoms with Crippen LogP contribution in [0.1, 0.15) is 18.5 Å². The number of hydrogen-bond donors (Lipinski definition) is 2. The zero-order valence-corrected chi connectivity index (χ0v) is 9.09. The van der Waals surface area contributed by atoms with E-state index >= 15 is 0 Å². The maximum Gasteiger partial charge on any atom is 0.149 e. The van der Waals surface area contributed by atoms with Crippen LogP contribution in [0.5, 0.6) is 0 Å². The van der Waals surface area contributed by atoms with Gasteiger partial charge in [-0.25, -0.2) is 4.98 Å². The molecule has 3 N–H and O–H groups in total. The van der Waals surface area contributed by atoms with Crippen LogP contribution in [-0.4, -0.2) is 9.97 Å². The van der Waals surface area contributed by atoms with Gasteiger partial charge in [0, 0.05) is 18.6 Å². The summed E-state index contributed by atoms with van der Waals surface area (Å²) in [4.78, 5) is 8.27. The molecule has 0 bridgehead atoms. The molecule has 0 saturated heterocycles. The van der Waals surface area contributed by atoms with Crippen molar-refractivity contribution in [2.75, 3.05) is 11.1 Å². The van der Waals surface area contributed by atoms with Gasteiger partial charge in [0.2, 0.25) is 0 Å². The summed E-state index contributed by atoms with van der Waals surface area (Å²) in [7, 11) is 0. The van der Waals surface area contributed by atoms with E-state index in [0.717, 1.165) is 5.56 Å². The van der Waals surface area contributed by atoms with Gasteiger partial charge in [0.15, 0.2) is 0 Å². The summed E-state index contributed by atoms with van der Waals surface area (Å²) >= 11 is 0. The van der Waals surface area contributed by atoms with Crippen molar-refractivity contribution < 1.29 is 0 Å². The highest BCUT2D eigenvalue weighted by atomic mass is 15.0. The third-order valence-corrected chi connectivity index (χ3v) is 2.38. The molecule has 1 unspecified atom stereocenters. The number of nitrogens with one attached hydrogen (secondary N) is 1. The minimum absolute atomic E-state index is 0.130. The predicted molar refractivity (Wildman–Crippen MR) is 64.9 cm³/mol. The Kier molecular flexibility index (Phi) is 3.00. The van der Waals surface area contributed by atoms with Gasteiger partial charge in [0.05, 0.1) is 11.7 Å². The number of nitrogen functional groups attached to an aromatic ring is 1. The zero-order chi connectivity index (χ0) is 11.4. The fourth-order valence-corrected chi connectivity index (χ4v) is 1.46. The van der Waals surface area contributed by atoms with Crippen LogP contribution in [0, 0.1) is 0 Å². The van der Waals surface area contributed by atoms with Crippen LogP contribution in [0.2, 0.25) is 0 Å². The first-order valence-electron chi connectivity index (χ1n) is 5.14. The van der Waals surface area contributed by atoms with E-state index in [-0.39, 0.29) is 6.04 Å². The van der Waals surface area contributed by atoms with Crippen molar-refractivity contribution in [3.63, 3.8) is 0 Å². The number of pyridine rings is 2. The lowest BCUT2D eigenvalue weighted by Crippen LogP contribution is -2.09. The molecule has 4 heteroatoms. The van der Waals surface area contributed by atoms with Gasteiger partial charge in [0.1, 0.15) is 5.82 Å². The van der Waals surface area contributed by atoms with Crippen molar-refractivity contribution in [1.82, 2.24) is 9.97 Å². The van der Waals surface area contributed by atoms with Crippen molar-refractivity contribution >= 4 is 11.5 Å². The van der Waals surface area contributed by atoms with E-state index in [0.29, 0.717) is 11.5 Å². The molecule has 0 aliphatic carbocycles. The molecule has 0 aliphatic heterocycles. The van der Waals surface area contributed by atoms with Crippen LogP contribution in [-0.2, 0) is 0 Å². The molecule has 2 rings (SSSR count). The maximum absolute atomic E-state index is 5.81. The molecule has 0 amide bonds. The molecule has 0 saturated carbocycles. The predicted octanol–water partition coefficient (Wildman–Crippen LogP) is 2.23. The van der Waals surface area contributed by atoms with Gasteiger partial charge in [-0.1, -0.05) is 6.07 Å². The van der Waals surface area contributed by atoms with E-state index < -0.39 is 0 Å². The molecule has 2 aromatic heterocycles. The molecular weight excluding hydrogens is 200 g/mol. The van der Waals surface area contributed by atoms with E-state index in [1.165, 1.54) is 0 Å². The third kappa shape index (κ3) is 2.28. The Morgan fingerprint density at radius 1 is 1.25 bits per heavy atom. The molecular formula is C12H14N4. The summed E-state index contributed by atoms with van der Waals surface area (Å²) < 4.78 is 0. The van der Waals surface area contributed by atoms with Crippen LogP contribution in [0.25, 0.3) is 0 Å². The summed E-state index contributed by atoms with van der Waals surface area (Å²) in [5.41, 5.74) is 7.56. The fraction of sp³-hybridized carbons (Fsp3) is 0.167. The van der Waals surface area contributed by atoms with Gasteiger partial charge < -0.3 is 11.1 Å². The second-order valence-electron chi connectivity index (χ2n) is 3.59. The average molecular weight is 214 g/mol. The largest absolute Gasteiger partial charge is 0.396 e. The SMILES string of the molecule is CC(Nc1ncccc1N)c1cccnc1. The highest BCUT2D eigenvalue weighted by molar-refractivity contribution is 5.61. The van der Waals surface area contributed by atoms with Crippen molar-refractivity contribution in [1.29, 1.82) is 0 Å². The molecule has 0 aromatic carbocycles. The minimum atomic E-state index is 0.130. The van der Waals surface area contributed by atoms with Gasteiger partial charge in [0.25, 0.3) is 0 Å². The highest BCUT2D eigenvalue weighted by Crippen LogP contribution is 2.20. The second kappa shape index (κ2) is 4.61. The number of nitrogens with zero attached hydrogens (tertiary/aromatic N) is 2. The zero-order valence-electron chi connectivity index (χ0n) is 9.09. The van der Waals surface area contributed by atoms with E-state index in [1.54, 1.807) is 12.4 Å². The number of rotatable bonds is 3. The van der Waals surface area contributed by atoms with Gasteiger partial charge in [-0.05, 0) is 30.7 Å². The smallest absolute Gasteiger partial charge is 0.149 e. The van der Waals surface area contributed by atoms with Gasteiger partial charge in [-0.15, -0.1) is 0 Å². The molecule has 2 aromatic rings. The lowest BCUT2D eigenvalue weighted by molar-refractivity contribution is 0.867. The molecule has 0 radical (unpaired) electrons. The molecule has 0 fully saturated rings. The number of anilines is 2. The summed E-state index contributed by atoms with van der Waals surface area (Å²) in [6, 6.07) is 7.70. The van der Waals surface area contributed by atoms with Crippen molar-refractivity contribution in [2.24, 2.45) is 0 Å². The molecule has 0 aliphatic rings. The fourth-order valence-electron chi connectivity index (χ4n) is 1.46. The van der Waals surface area contributed by atoms with Gasteiger partial charge >= 0.3 is 0 Å². The number of hydrogen-bond acceptors (Lipinski definition) is 4. The summed E-state index contributed by atoms with van der Waals surface area (Å²) in [5.74, 6) is 0.707. The van der Waals surface area contributed by atoms with Crippen molar-refractivity contribution in [3.8, 4) is 0 Å². The molecule has 1 atom stereocenters. The number of nitrogens with two attached hydrogens (primary N) is 1. The normalized spacial score (nSPS) is 12.1. The monoisotopic (exact) mass is 214 g/mol. The summed E-state index contributed by atoms with van der Waals surface area (Å²) in [6.07, 6.45) is 5.30. The lowest BCUT2D eigenvalue weighted by atomic mass is 10.1. The topological polar surface area (TPSA) is 63.8 Å². The van der Waals surface area contributed by atoms with Crippen LogP contribution in [0.3, 0.4) is 0 Å². The van der Waals surface area contributed by atoms with Crippen LogP contribution < -0.4 is 11.1 Å². The first-order valence-corrected chi connectivity index (χ1v) is 5.14. The van der Waals surface area contributed by atoms with Crippen molar-refractivity contribution in [2.45, 2.75) is 13.0 Å². The Morgan fingerprint density at radius 3 is 2.75 bits per heavy atom. The highest BCUT2D eigenvalue weighted by Gasteiger charge is 2.07. The van der Waals surface area contributed by atoms with E-state index in [1.807, 2.05) is 37.4 Å². The molecule has 16 heavy (non-hydrogen) atoms.